The number of ether oxygens (including phenoxy) is 1. The predicted molar refractivity (Wildman–Crippen MR) is 48.2 cm³/mol. The summed E-state index contributed by atoms with van der Waals surface area (Å²) in [6, 6.07) is 0.834. The van der Waals surface area contributed by atoms with Gasteiger partial charge in [0.25, 0.3) is 0 Å². The summed E-state index contributed by atoms with van der Waals surface area (Å²) in [6.45, 7) is 0.294. The maximum Gasteiger partial charge on any atom is 0.573 e. The Balaban J connectivity index is 3.26. The summed E-state index contributed by atoms with van der Waals surface area (Å²) >= 11 is 0. The second-order valence-corrected chi connectivity index (χ2v) is 3.04. The van der Waals surface area contributed by atoms with Crippen LogP contribution in [0.5, 0.6) is 5.75 Å². The van der Waals surface area contributed by atoms with Crippen LogP contribution < -0.4 is 4.74 Å². The molecule has 0 fully saturated rings. The van der Waals surface area contributed by atoms with Gasteiger partial charge in [0.15, 0.2) is 5.75 Å². The zero-order valence-corrected chi connectivity index (χ0v) is 8.48. The molecule has 17 heavy (non-hydrogen) atoms. The summed E-state index contributed by atoms with van der Waals surface area (Å²) in [4.78, 5) is 12.8. The van der Waals surface area contributed by atoms with E-state index >= 15 is 0 Å². The maximum atomic E-state index is 12.0. The minimum Gasteiger partial charge on any atom is -0.401 e. The Morgan fingerprint density at radius 1 is 1.59 bits per heavy atom. The van der Waals surface area contributed by atoms with Crippen molar-refractivity contribution in [3.8, 4) is 5.75 Å². The Kier molecular flexibility index (Phi) is 3.51. The molecule has 1 heterocycles. The fourth-order valence-electron chi connectivity index (χ4n) is 1.16. The minimum atomic E-state index is -4.95. The third-order valence-electron chi connectivity index (χ3n) is 1.77. The zero-order chi connectivity index (χ0) is 13.2. The lowest BCUT2D eigenvalue weighted by Crippen LogP contribution is -2.19. The summed E-state index contributed by atoms with van der Waals surface area (Å²) in [5.74, 6) is -1.37. The first-order chi connectivity index (χ1) is 7.74. The van der Waals surface area contributed by atoms with Crippen molar-refractivity contribution >= 4 is 5.82 Å². The second kappa shape index (κ2) is 4.53. The molecule has 9 heteroatoms. The first kappa shape index (κ1) is 13.2. The Hall–Kier alpha value is -1.90. The molecule has 6 nitrogen and oxygen atoms in total. The molecule has 0 radical (unpaired) electrons. The highest BCUT2D eigenvalue weighted by Crippen LogP contribution is 2.30. The highest BCUT2D eigenvalue weighted by Gasteiger charge is 2.34. The number of halogens is 3. The van der Waals surface area contributed by atoms with Crippen LogP contribution in [-0.4, -0.2) is 21.4 Å². The van der Waals surface area contributed by atoms with Crippen molar-refractivity contribution in [3.05, 3.63) is 27.4 Å². The second-order valence-electron chi connectivity index (χ2n) is 3.04. The molecule has 0 aliphatic carbocycles. The highest BCUT2D eigenvalue weighted by molar-refractivity contribution is 5.42. The Labute approximate surface area is 92.8 Å². The molecule has 0 aliphatic rings. The van der Waals surface area contributed by atoms with Crippen molar-refractivity contribution in [2.75, 3.05) is 0 Å². The van der Waals surface area contributed by atoms with Crippen LogP contribution in [0.4, 0.5) is 19.0 Å². The smallest absolute Gasteiger partial charge is 0.401 e. The molecular weight excluding hydrogens is 245 g/mol. The molecule has 1 rings (SSSR count). The lowest BCUT2D eigenvalue weighted by molar-refractivity contribution is -0.389. The zero-order valence-electron chi connectivity index (χ0n) is 8.48. The summed E-state index contributed by atoms with van der Waals surface area (Å²) < 4.78 is 39.7. The summed E-state index contributed by atoms with van der Waals surface area (Å²) in [5.41, 5.74) is -0.665. The van der Waals surface area contributed by atoms with Crippen LogP contribution in [0.3, 0.4) is 0 Å². The first-order valence-corrected chi connectivity index (χ1v) is 4.26. The van der Waals surface area contributed by atoms with Crippen LogP contribution in [0, 0.1) is 17.0 Å². The van der Waals surface area contributed by atoms with Crippen molar-refractivity contribution in [2.24, 2.45) is 0 Å². The summed E-state index contributed by atoms with van der Waals surface area (Å²) in [7, 11) is 0. The van der Waals surface area contributed by atoms with E-state index in [1.54, 1.807) is 0 Å². The number of aromatic nitrogens is 1. The Bertz CT molecular complexity index is 447. The SMILES string of the molecule is Cc1cc([N+](=O)[O-])nc(CO)c1OC(F)(F)F. The number of nitrogens with zero attached hydrogens (tertiary/aromatic N) is 2. The number of nitro groups is 1. The van der Waals surface area contributed by atoms with Gasteiger partial charge in [-0.2, -0.15) is 0 Å². The predicted octanol–water partition coefficient (Wildman–Crippen LogP) is 1.69. The highest BCUT2D eigenvalue weighted by atomic mass is 19.4. The molecule has 0 aliphatic heterocycles. The average Bonchev–Trinajstić information content (AvgIpc) is 2.18. The van der Waals surface area contributed by atoms with E-state index in [0.717, 1.165) is 6.07 Å². The van der Waals surface area contributed by atoms with Crippen LogP contribution in [0.1, 0.15) is 11.3 Å². The van der Waals surface area contributed by atoms with E-state index in [1.165, 1.54) is 6.92 Å². The van der Waals surface area contributed by atoms with Gasteiger partial charge in [0.2, 0.25) is 5.69 Å². The average molecular weight is 252 g/mol. The number of hydrogen-bond donors (Lipinski definition) is 1. The molecule has 0 saturated heterocycles. The van der Waals surface area contributed by atoms with Crippen molar-refractivity contribution in [1.29, 1.82) is 0 Å². The molecule has 0 atom stereocenters. The van der Waals surface area contributed by atoms with Gasteiger partial charge in [-0.25, -0.2) is 0 Å². The van der Waals surface area contributed by atoms with E-state index in [9.17, 15) is 23.3 Å². The normalized spacial score (nSPS) is 11.4. The van der Waals surface area contributed by atoms with Crippen molar-refractivity contribution in [1.82, 2.24) is 4.98 Å². The van der Waals surface area contributed by atoms with E-state index in [-0.39, 0.29) is 5.56 Å². The monoisotopic (exact) mass is 252 g/mol. The van der Waals surface area contributed by atoms with E-state index in [2.05, 4.69) is 9.72 Å². The number of pyridine rings is 1. The number of aryl methyl sites for hydroxylation is 1. The van der Waals surface area contributed by atoms with Crippen molar-refractivity contribution in [2.45, 2.75) is 19.9 Å². The number of alkyl halides is 3. The molecule has 0 aromatic carbocycles. The third kappa shape index (κ3) is 3.28. The number of aliphatic hydroxyl groups excluding tert-OH is 1. The number of rotatable bonds is 3. The maximum absolute atomic E-state index is 12.0. The Morgan fingerprint density at radius 2 is 2.18 bits per heavy atom. The molecule has 0 saturated carbocycles. The topological polar surface area (TPSA) is 85.5 Å². The molecular formula is C8H7F3N2O4. The van der Waals surface area contributed by atoms with E-state index in [1.807, 2.05) is 0 Å². The van der Waals surface area contributed by atoms with Crippen LogP contribution >= 0.6 is 0 Å². The lowest BCUT2D eigenvalue weighted by atomic mass is 10.2. The lowest BCUT2D eigenvalue weighted by Gasteiger charge is -2.11. The van der Waals surface area contributed by atoms with E-state index in [0.29, 0.717) is 0 Å². The van der Waals surface area contributed by atoms with Crippen molar-refractivity contribution < 1.29 is 27.9 Å². The fraction of sp³-hybridized carbons (Fsp3) is 0.375. The molecule has 1 N–H and O–H groups in total. The van der Waals surface area contributed by atoms with Gasteiger partial charge in [-0.15, -0.1) is 13.2 Å². The molecule has 94 valence electrons. The van der Waals surface area contributed by atoms with Gasteiger partial charge in [-0.3, -0.25) is 0 Å². The van der Waals surface area contributed by atoms with Gasteiger partial charge >= 0.3 is 12.2 Å². The Morgan fingerprint density at radius 3 is 2.59 bits per heavy atom. The molecule has 0 bridgehead atoms. The van der Waals surface area contributed by atoms with Gasteiger partial charge in [-0.05, 0) is 16.8 Å². The number of aliphatic hydroxyl groups is 1. The quantitative estimate of drug-likeness (QED) is 0.653. The van der Waals surface area contributed by atoms with Crippen LogP contribution in [0.25, 0.3) is 0 Å². The summed E-state index contributed by atoms with van der Waals surface area (Å²) in [5, 5.41) is 19.2. The van der Waals surface area contributed by atoms with Crippen LogP contribution in [-0.2, 0) is 6.61 Å². The van der Waals surface area contributed by atoms with Crippen LogP contribution in [0.2, 0.25) is 0 Å². The minimum absolute atomic E-state index is 0.131. The third-order valence-corrected chi connectivity index (χ3v) is 1.77. The van der Waals surface area contributed by atoms with Gasteiger partial charge < -0.3 is 20.0 Å². The van der Waals surface area contributed by atoms with Gasteiger partial charge in [0.1, 0.15) is 6.61 Å². The van der Waals surface area contributed by atoms with Crippen LogP contribution in [0.15, 0.2) is 6.07 Å². The molecule has 1 aromatic rings. The molecule has 1 aromatic heterocycles. The van der Waals surface area contributed by atoms with Gasteiger partial charge in [0.05, 0.1) is 0 Å². The molecule has 0 spiro atoms. The molecule has 0 unspecified atom stereocenters. The summed E-state index contributed by atoms with van der Waals surface area (Å²) in [6.07, 6.45) is -4.95. The van der Waals surface area contributed by atoms with Gasteiger partial charge in [-0.1, -0.05) is 0 Å². The molecule has 0 amide bonds. The van der Waals surface area contributed by atoms with E-state index < -0.39 is 35.2 Å². The van der Waals surface area contributed by atoms with Crippen molar-refractivity contribution in [3.63, 3.8) is 0 Å². The standard InChI is InChI=1S/C8H7F3N2O4/c1-4-2-6(13(15)16)12-5(3-14)7(4)17-8(9,10)11/h2,14H,3H2,1H3. The number of hydrogen-bond acceptors (Lipinski definition) is 5. The fourth-order valence-corrected chi connectivity index (χ4v) is 1.16. The van der Waals surface area contributed by atoms with E-state index in [4.69, 9.17) is 5.11 Å². The largest absolute Gasteiger partial charge is 0.573 e. The first-order valence-electron chi connectivity index (χ1n) is 4.26. The van der Waals surface area contributed by atoms with Gasteiger partial charge in [0, 0.05) is 11.6 Å².